The van der Waals surface area contributed by atoms with Crippen molar-refractivity contribution < 1.29 is 31.8 Å². The van der Waals surface area contributed by atoms with E-state index in [1.807, 2.05) is 0 Å². The fourth-order valence-electron chi connectivity index (χ4n) is 0.354. The number of aliphatic carboxylic acids is 1. The third-order valence-corrected chi connectivity index (χ3v) is 1.56. The van der Waals surface area contributed by atoms with Crippen molar-refractivity contribution in [1.82, 2.24) is 0 Å². The summed E-state index contributed by atoms with van der Waals surface area (Å²) in [6.45, 7) is 0. The third kappa shape index (κ3) is 0.968. The summed E-state index contributed by atoms with van der Waals surface area (Å²) < 4.78 is 26.8. The average molecular weight is 170 g/mol. The molecular weight excluding hydrogens is 168 g/mol. The molecule has 1 saturated heterocycles. The fourth-order valence-corrected chi connectivity index (χ4v) is 1.06. The fraction of sp³-hybridized carbons (Fsp3) is 0.500. The van der Waals surface area contributed by atoms with Crippen molar-refractivity contribution in [1.29, 1.82) is 0 Å². The van der Waals surface area contributed by atoms with Crippen molar-refractivity contribution in [2.24, 2.45) is 0 Å². The molecule has 0 aromatic carbocycles. The van der Waals surface area contributed by atoms with Gasteiger partial charge in [-0.25, -0.2) is 4.79 Å². The van der Waals surface area contributed by atoms with Gasteiger partial charge in [-0.3, -0.25) is 0 Å². The summed E-state index contributed by atoms with van der Waals surface area (Å²) in [6, 6.07) is 0. The molecular formula is C2H2O7S. The number of hydrogen-bond acceptors (Lipinski definition) is 6. The molecule has 0 saturated carbocycles. The molecule has 0 radical (unpaired) electrons. The molecule has 0 aromatic rings. The second kappa shape index (κ2) is 1.66. The lowest BCUT2D eigenvalue weighted by Crippen LogP contribution is -2.56. The molecule has 0 atom stereocenters. The molecule has 7 nitrogen and oxygen atoms in total. The van der Waals surface area contributed by atoms with E-state index in [2.05, 4.69) is 8.37 Å². The second-order valence-corrected chi connectivity index (χ2v) is 2.61. The van der Waals surface area contributed by atoms with E-state index < -0.39 is 22.3 Å². The first-order valence-electron chi connectivity index (χ1n) is 1.98. The van der Waals surface area contributed by atoms with Crippen LogP contribution in [0.2, 0.25) is 0 Å². The Hall–Kier alpha value is -0.700. The van der Waals surface area contributed by atoms with Gasteiger partial charge in [0.25, 0.3) is 0 Å². The van der Waals surface area contributed by atoms with E-state index in [0.717, 1.165) is 0 Å². The Balaban J connectivity index is 2.76. The molecule has 0 spiro atoms. The molecule has 2 N–H and O–H groups in total. The first-order valence-corrected chi connectivity index (χ1v) is 3.31. The monoisotopic (exact) mass is 170 g/mol. The topological polar surface area (TPSA) is 110 Å². The van der Waals surface area contributed by atoms with Gasteiger partial charge in [0.05, 0.1) is 0 Å². The molecule has 8 heteroatoms. The Morgan fingerprint density at radius 3 is 1.90 bits per heavy atom. The van der Waals surface area contributed by atoms with Crippen molar-refractivity contribution in [2.75, 3.05) is 0 Å². The quantitative estimate of drug-likeness (QED) is 0.468. The molecule has 0 unspecified atom stereocenters. The van der Waals surface area contributed by atoms with Crippen LogP contribution >= 0.6 is 0 Å². The van der Waals surface area contributed by atoms with Crippen LogP contribution in [0, 0.1) is 0 Å². The zero-order valence-corrected chi connectivity index (χ0v) is 5.16. The minimum Gasteiger partial charge on any atom is -0.475 e. The number of carbonyl (C=O) groups is 1. The molecule has 0 aliphatic carbocycles. The van der Waals surface area contributed by atoms with E-state index in [0.29, 0.717) is 0 Å². The van der Waals surface area contributed by atoms with Crippen LogP contribution in [0.15, 0.2) is 0 Å². The Morgan fingerprint density at radius 1 is 1.40 bits per heavy atom. The lowest BCUT2D eigenvalue weighted by molar-refractivity contribution is -0.312. The van der Waals surface area contributed by atoms with Gasteiger partial charge in [-0.1, -0.05) is 0 Å². The number of carboxylic acid groups (broad SMARTS) is 1. The van der Waals surface area contributed by atoms with E-state index in [4.69, 9.17) is 10.2 Å². The number of aliphatic hydroxyl groups is 1. The van der Waals surface area contributed by atoms with Crippen LogP contribution in [-0.4, -0.2) is 30.6 Å². The summed E-state index contributed by atoms with van der Waals surface area (Å²) in [4.78, 5) is 9.83. The second-order valence-electron chi connectivity index (χ2n) is 1.46. The van der Waals surface area contributed by atoms with Gasteiger partial charge in [0.2, 0.25) is 0 Å². The van der Waals surface area contributed by atoms with Crippen LogP contribution in [0.1, 0.15) is 0 Å². The van der Waals surface area contributed by atoms with Gasteiger partial charge in [0, 0.05) is 0 Å². The maximum atomic E-state index is 9.94. The lowest BCUT2D eigenvalue weighted by Gasteiger charge is -2.28. The van der Waals surface area contributed by atoms with Crippen LogP contribution in [-0.2, 0) is 23.6 Å². The van der Waals surface area contributed by atoms with E-state index in [-0.39, 0.29) is 0 Å². The molecule has 1 aliphatic heterocycles. The predicted octanol–water partition coefficient (Wildman–Crippen LogP) is -1.99. The van der Waals surface area contributed by atoms with Crippen LogP contribution in [0.3, 0.4) is 0 Å². The van der Waals surface area contributed by atoms with Crippen LogP contribution < -0.4 is 0 Å². The van der Waals surface area contributed by atoms with Gasteiger partial charge in [-0.15, -0.1) is 0 Å². The van der Waals surface area contributed by atoms with Crippen molar-refractivity contribution >= 4 is 16.4 Å². The molecule has 10 heavy (non-hydrogen) atoms. The molecule has 0 bridgehead atoms. The highest BCUT2D eigenvalue weighted by atomic mass is 32.3. The van der Waals surface area contributed by atoms with E-state index in [9.17, 15) is 13.2 Å². The molecule has 1 fully saturated rings. The number of hydrogen-bond donors (Lipinski definition) is 2. The van der Waals surface area contributed by atoms with Gasteiger partial charge in [0.15, 0.2) is 0 Å². The number of carboxylic acids is 1. The minimum atomic E-state index is -4.26. The van der Waals surface area contributed by atoms with E-state index in [1.165, 1.54) is 0 Å². The van der Waals surface area contributed by atoms with Gasteiger partial charge in [-0.05, 0) is 0 Å². The largest absolute Gasteiger partial charge is 0.475 e. The zero-order valence-electron chi connectivity index (χ0n) is 4.34. The van der Waals surface area contributed by atoms with E-state index in [1.54, 1.807) is 0 Å². The summed E-state index contributed by atoms with van der Waals surface area (Å²) in [5.74, 6) is -4.93. The standard InChI is InChI=1S/C2H2O7S/c3-1(4)2(5)8-10(6,7)9-2/h5H,(H,3,4). The molecule has 1 rings (SSSR count). The number of rotatable bonds is 1. The SMILES string of the molecule is O=C(O)C1(O)OS(=O)(=O)O1. The van der Waals surface area contributed by atoms with Gasteiger partial charge >= 0.3 is 22.3 Å². The minimum absolute atomic E-state index is 1.91. The summed E-state index contributed by atoms with van der Waals surface area (Å²) in [7, 11) is -4.26. The first-order chi connectivity index (χ1) is 4.36. The summed E-state index contributed by atoms with van der Waals surface area (Å²) >= 11 is 0. The predicted molar refractivity (Wildman–Crippen MR) is 23.7 cm³/mol. The Morgan fingerprint density at radius 2 is 1.80 bits per heavy atom. The third-order valence-electron chi connectivity index (χ3n) is 0.700. The maximum Gasteiger partial charge on any atom is 0.416 e. The van der Waals surface area contributed by atoms with Crippen molar-refractivity contribution in [2.45, 2.75) is 5.97 Å². The van der Waals surface area contributed by atoms with Crippen molar-refractivity contribution in [3.8, 4) is 0 Å². The summed E-state index contributed by atoms with van der Waals surface area (Å²) in [6.07, 6.45) is 0. The maximum absolute atomic E-state index is 9.94. The average Bonchev–Trinajstić information content (AvgIpc) is 1.59. The normalized spacial score (nSPS) is 26.9. The Kier molecular flexibility index (Phi) is 1.23. The molecule has 1 heterocycles. The highest BCUT2D eigenvalue weighted by Gasteiger charge is 2.58. The Labute approximate surface area is 55.1 Å². The van der Waals surface area contributed by atoms with Gasteiger partial charge in [0.1, 0.15) is 0 Å². The highest BCUT2D eigenvalue weighted by molar-refractivity contribution is 7.82. The molecule has 58 valence electrons. The van der Waals surface area contributed by atoms with Crippen molar-refractivity contribution in [3.05, 3.63) is 0 Å². The zero-order chi connectivity index (χ0) is 7.99. The van der Waals surface area contributed by atoms with Gasteiger partial charge in [-0.2, -0.15) is 16.8 Å². The van der Waals surface area contributed by atoms with Gasteiger partial charge < -0.3 is 10.2 Å². The summed E-state index contributed by atoms with van der Waals surface area (Å²) in [5, 5.41) is 16.4. The first kappa shape index (κ1) is 7.41. The van der Waals surface area contributed by atoms with E-state index >= 15 is 0 Å². The lowest BCUT2D eigenvalue weighted by atomic mass is 10.6. The van der Waals surface area contributed by atoms with Crippen LogP contribution in [0.4, 0.5) is 0 Å². The Bertz CT molecular complexity index is 249. The molecule has 0 amide bonds. The molecule has 1 aliphatic rings. The molecule has 0 aromatic heterocycles. The smallest absolute Gasteiger partial charge is 0.416 e. The van der Waals surface area contributed by atoms with Crippen LogP contribution in [0.5, 0.6) is 0 Å². The highest BCUT2D eigenvalue weighted by Crippen LogP contribution is 2.27. The van der Waals surface area contributed by atoms with Crippen LogP contribution in [0.25, 0.3) is 0 Å². The van der Waals surface area contributed by atoms with Crippen molar-refractivity contribution in [3.63, 3.8) is 0 Å². The summed E-state index contributed by atoms with van der Waals surface area (Å²) in [5.41, 5.74) is 0.